The van der Waals surface area contributed by atoms with Crippen LogP contribution in [0.2, 0.25) is 0 Å². The van der Waals surface area contributed by atoms with E-state index in [0.717, 1.165) is 11.1 Å². The molecule has 0 fully saturated rings. The van der Waals surface area contributed by atoms with E-state index < -0.39 is 10.0 Å². The molecule has 4 nitrogen and oxygen atoms in total. The SMILES string of the molecule is CC[C@@H](CCO)NS(=O)(=O)c1cc(C)ccc1C. The average molecular weight is 271 g/mol. The first-order valence-electron chi connectivity index (χ1n) is 6.11. The standard InChI is InChI=1S/C13H21NO3S/c1-4-12(7-8-15)14-18(16,17)13-9-10(2)5-6-11(13)3/h5-6,9,12,14-15H,4,7-8H2,1-3H3/t12-/m0/s1. The largest absolute Gasteiger partial charge is 0.396 e. The highest BCUT2D eigenvalue weighted by Gasteiger charge is 2.20. The number of aliphatic hydroxyl groups excluding tert-OH is 1. The Balaban J connectivity index is 3.02. The van der Waals surface area contributed by atoms with Gasteiger partial charge in [-0.3, -0.25) is 0 Å². The van der Waals surface area contributed by atoms with E-state index in [-0.39, 0.29) is 12.6 Å². The van der Waals surface area contributed by atoms with Gasteiger partial charge in [0.25, 0.3) is 0 Å². The second-order valence-electron chi connectivity index (χ2n) is 4.51. The Labute approximate surface area is 109 Å². The Hall–Kier alpha value is -0.910. The first-order valence-corrected chi connectivity index (χ1v) is 7.59. The molecule has 1 atom stereocenters. The van der Waals surface area contributed by atoms with Crippen molar-refractivity contribution in [2.75, 3.05) is 6.61 Å². The van der Waals surface area contributed by atoms with E-state index in [1.165, 1.54) is 0 Å². The maximum atomic E-state index is 12.3. The van der Waals surface area contributed by atoms with Crippen LogP contribution < -0.4 is 4.72 Å². The quantitative estimate of drug-likeness (QED) is 0.828. The Bertz CT molecular complexity index is 497. The molecule has 0 aromatic heterocycles. The van der Waals surface area contributed by atoms with Gasteiger partial charge in [0.2, 0.25) is 10.0 Å². The summed E-state index contributed by atoms with van der Waals surface area (Å²) in [6.45, 7) is 5.52. The van der Waals surface area contributed by atoms with Crippen LogP contribution in [0.5, 0.6) is 0 Å². The molecule has 0 amide bonds. The van der Waals surface area contributed by atoms with Gasteiger partial charge in [-0.2, -0.15) is 0 Å². The molecule has 1 rings (SSSR count). The summed E-state index contributed by atoms with van der Waals surface area (Å²) in [5, 5.41) is 8.90. The van der Waals surface area contributed by atoms with Crippen molar-refractivity contribution in [1.82, 2.24) is 4.72 Å². The number of rotatable bonds is 6. The Morgan fingerprint density at radius 1 is 1.33 bits per heavy atom. The normalized spacial score (nSPS) is 13.6. The molecule has 102 valence electrons. The fourth-order valence-electron chi connectivity index (χ4n) is 1.78. The van der Waals surface area contributed by atoms with Crippen molar-refractivity contribution in [3.8, 4) is 0 Å². The molecule has 0 bridgehead atoms. The van der Waals surface area contributed by atoms with Crippen LogP contribution in [0.3, 0.4) is 0 Å². The number of hydrogen-bond acceptors (Lipinski definition) is 3. The topological polar surface area (TPSA) is 66.4 Å². The van der Waals surface area contributed by atoms with Gasteiger partial charge in [-0.1, -0.05) is 19.1 Å². The maximum absolute atomic E-state index is 12.3. The molecule has 0 aliphatic carbocycles. The molecule has 2 N–H and O–H groups in total. The molecular weight excluding hydrogens is 250 g/mol. The van der Waals surface area contributed by atoms with Gasteiger partial charge in [-0.05, 0) is 43.9 Å². The van der Waals surface area contributed by atoms with Gasteiger partial charge in [-0.25, -0.2) is 13.1 Å². The second kappa shape index (κ2) is 6.31. The van der Waals surface area contributed by atoms with Gasteiger partial charge in [0.1, 0.15) is 0 Å². The third-order valence-corrected chi connectivity index (χ3v) is 4.59. The van der Waals surface area contributed by atoms with Crippen LogP contribution in [0.25, 0.3) is 0 Å². The van der Waals surface area contributed by atoms with Crippen molar-refractivity contribution in [2.24, 2.45) is 0 Å². The summed E-state index contributed by atoms with van der Waals surface area (Å²) in [4.78, 5) is 0.318. The number of sulfonamides is 1. The van der Waals surface area contributed by atoms with Crippen molar-refractivity contribution >= 4 is 10.0 Å². The predicted molar refractivity (Wildman–Crippen MR) is 72.0 cm³/mol. The van der Waals surface area contributed by atoms with E-state index in [9.17, 15) is 8.42 Å². The van der Waals surface area contributed by atoms with Gasteiger partial charge in [-0.15, -0.1) is 0 Å². The second-order valence-corrected chi connectivity index (χ2v) is 6.19. The smallest absolute Gasteiger partial charge is 0.241 e. The number of benzene rings is 1. The molecular formula is C13H21NO3S. The predicted octanol–water partition coefficient (Wildman–Crippen LogP) is 1.74. The summed E-state index contributed by atoms with van der Waals surface area (Å²) < 4.78 is 27.2. The molecule has 0 unspecified atom stereocenters. The lowest BCUT2D eigenvalue weighted by molar-refractivity contribution is 0.270. The van der Waals surface area contributed by atoms with Crippen LogP contribution in [-0.4, -0.2) is 26.2 Å². The van der Waals surface area contributed by atoms with Crippen LogP contribution in [-0.2, 0) is 10.0 Å². The van der Waals surface area contributed by atoms with E-state index >= 15 is 0 Å². The zero-order valence-corrected chi connectivity index (χ0v) is 11.9. The van der Waals surface area contributed by atoms with Gasteiger partial charge in [0, 0.05) is 12.6 Å². The number of aliphatic hydroxyl groups is 1. The minimum absolute atomic E-state index is 0.0200. The van der Waals surface area contributed by atoms with Crippen molar-refractivity contribution in [3.63, 3.8) is 0 Å². The van der Waals surface area contributed by atoms with Crippen molar-refractivity contribution < 1.29 is 13.5 Å². The Kier molecular flexibility index (Phi) is 5.31. The molecule has 0 radical (unpaired) electrons. The molecule has 0 saturated carbocycles. The zero-order chi connectivity index (χ0) is 13.8. The molecule has 1 aromatic carbocycles. The number of hydrogen-bond donors (Lipinski definition) is 2. The molecule has 1 aromatic rings. The molecule has 0 saturated heterocycles. The highest BCUT2D eigenvalue weighted by atomic mass is 32.2. The summed E-state index contributed by atoms with van der Waals surface area (Å²) >= 11 is 0. The third-order valence-electron chi connectivity index (χ3n) is 2.93. The minimum Gasteiger partial charge on any atom is -0.396 e. The summed E-state index contributed by atoms with van der Waals surface area (Å²) in [6.07, 6.45) is 1.09. The number of aryl methyl sites for hydroxylation is 2. The van der Waals surface area contributed by atoms with E-state index in [1.807, 2.05) is 19.9 Å². The fraction of sp³-hybridized carbons (Fsp3) is 0.538. The first kappa shape index (κ1) is 15.1. The maximum Gasteiger partial charge on any atom is 0.241 e. The van der Waals surface area contributed by atoms with Crippen molar-refractivity contribution in [1.29, 1.82) is 0 Å². The summed E-state index contributed by atoms with van der Waals surface area (Å²) in [5.74, 6) is 0. The summed E-state index contributed by atoms with van der Waals surface area (Å²) in [6, 6.07) is 5.14. The fourth-order valence-corrected chi connectivity index (χ4v) is 3.47. The van der Waals surface area contributed by atoms with Gasteiger partial charge in [0.05, 0.1) is 4.90 Å². The zero-order valence-electron chi connectivity index (χ0n) is 11.1. The molecule has 0 heterocycles. The summed E-state index contributed by atoms with van der Waals surface area (Å²) in [7, 11) is -3.51. The Morgan fingerprint density at radius 2 is 2.00 bits per heavy atom. The highest BCUT2D eigenvalue weighted by Crippen LogP contribution is 2.17. The molecule has 0 aliphatic rings. The third kappa shape index (κ3) is 3.80. The van der Waals surface area contributed by atoms with E-state index in [2.05, 4.69) is 4.72 Å². The van der Waals surface area contributed by atoms with E-state index in [4.69, 9.17) is 5.11 Å². The lowest BCUT2D eigenvalue weighted by Gasteiger charge is -2.17. The van der Waals surface area contributed by atoms with Gasteiger partial charge < -0.3 is 5.11 Å². The van der Waals surface area contributed by atoms with Crippen LogP contribution in [0.1, 0.15) is 30.9 Å². The van der Waals surface area contributed by atoms with Gasteiger partial charge >= 0.3 is 0 Å². The van der Waals surface area contributed by atoms with Crippen molar-refractivity contribution in [3.05, 3.63) is 29.3 Å². The molecule has 0 aliphatic heterocycles. The van der Waals surface area contributed by atoms with Crippen LogP contribution >= 0.6 is 0 Å². The van der Waals surface area contributed by atoms with E-state index in [0.29, 0.717) is 17.7 Å². The molecule has 0 spiro atoms. The van der Waals surface area contributed by atoms with Gasteiger partial charge in [0.15, 0.2) is 0 Å². The summed E-state index contributed by atoms with van der Waals surface area (Å²) in [5.41, 5.74) is 1.64. The molecule has 18 heavy (non-hydrogen) atoms. The monoisotopic (exact) mass is 271 g/mol. The Morgan fingerprint density at radius 3 is 2.56 bits per heavy atom. The lowest BCUT2D eigenvalue weighted by Crippen LogP contribution is -2.35. The molecule has 5 heteroatoms. The van der Waals surface area contributed by atoms with Crippen LogP contribution in [0.4, 0.5) is 0 Å². The minimum atomic E-state index is -3.51. The van der Waals surface area contributed by atoms with Crippen molar-refractivity contribution in [2.45, 2.75) is 44.6 Å². The van der Waals surface area contributed by atoms with Crippen LogP contribution in [0, 0.1) is 13.8 Å². The highest BCUT2D eigenvalue weighted by molar-refractivity contribution is 7.89. The number of nitrogens with one attached hydrogen (secondary N) is 1. The van der Waals surface area contributed by atoms with E-state index in [1.54, 1.807) is 19.1 Å². The lowest BCUT2D eigenvalue weighted by atomic mass is 10.2. The average Bonchev–Trinajstić information content (AvgIpc) is 2.31. The first-order chi connectivity index (χ1) is 8.40. The van der Waals surface area contributed by atoms with Crippen LogP contribution in [0.15, 0.2) is 23.1 Å².